The van der Waals surface area contributed by atoms with E-state index in [9.17, 15) is 9.90 Å². The van der Waals surface area contributed by atoms with Crippen molar-refractivity contribution in [2.45, 2.75) is 31.9 Å². The molecule has 8 heteroatoms. The third kappa shape index (κ3) is 7.40. The van der Waals surface area contributed by atoms with Crippen molar-refractivity contribution in [3.05, 3.63) is 72.8 Å². The summed E-state index contributed by atoms with van der Waals surface area (Å²) >= 11 is 0. The Kier molecular flexibility index (Phi) is 7.86. The van der Waals surface area contributed by atoms with Crippen molar-refractivity contribution in [2.24, 2.45) is 5.73 Å². The van der Waals surface area contributed by atoms with E-state index in [0.29, 0.717) is 18.9 Å². The Labute approximate surface area is 188 Å². The molecule has 2 aromatic carbocycles. The number of β-amino-alcohol motifs (C(OH)–C–C–N with tert-alkyl or cyclic N) is 1. The number of carbonyl (C=O) groups excluding carboxylic acids is 1. The zero-order chi connectivity index (χ0) is 23.0. The van der Waals surface area contributed by atoms with Crippen LogP contribution in [-0.4, -0.2) is 52.0 Å². The minimum atomic E-state index is -0.686. The van der Waals surface area contributed by atoms with E-state index in [0.717, 1.165) is 17.0 Å². The fraction of sp³-hybridized carbons (Fsp3) is 0.333. The lowest BCUT2D eigenvalue weighted by molar-refractivity contribution is -0.117. The first-order valence-corrected chi connectivity index (χ1v) is 10.4. The van der Waals surface area contributed by atoms with Crippen LogP contribution in [0.2, 0.25) is 0 Å². The molecular formula is C24H30N4O4. The van der Waals surface area contributed by atoms with Crippen LogP contribution >= 0.6 is 0 Å². The number of imidazole rings is 1. The van der Waals surface area contributed by atoms with Crippen LogP contribution in [0.5, 0.6) is 11.5 Å². The number of nitrogens with two attached hydrogens (primary N) is 1. The van der Waals surface area contributed by atoms with Gasteiger partial charge in [0.1, 0.15) is 30.8 Å². The molecule has 32 heavy (non-hydrogen) atoms. The van der Waals surface area contributed by atoms with Gasteiger partial charge in [0.25, 0.3) is 0 Å². The number of hydrogen-bond acceptors (Lipinski definition) is 6. The zero-order valence-corrected chi connectivity index (χ0v) is 18.4. The fourth-order valence-corrected chi connectivity index (χ4v) is 2.99. The summed E-state index contributed by atoms with van der Waals surface area (Å²) in [7, 11) is 0. The van der Waals surface area contributed by atoms with Gasteiger partial charge in [-0.3, -0.25) is 4.79 Å². The van der Waals surface area contributed by atoms with Gasteiger partial charge in [-0.25, -0.2) is 4.98 Å². The second-order valence-corrected chi connectivity index (χ2v) is 8.27. The Hall–Kier alpha value is -3.36. The van der Waals surface area contributed by atoms with E-state index >= 15 is 0 Å². The predicted octanol–water partition coefficient (Wildman–Crippen LogP) is 2.09. The standard InChI is InChI=1S/C24H30N4O4/c1-24(2,16-32-22-9-5-19(6-10-22)28-12-11-26-17-28)27-14-20(29)15-31-21-7-3-18(4-8-21)13-23(25)30/h3-12,17,20,27,29H,13-16H2,1-2H3,(H2,25,30). The summed E-state index contributed by atoms with van der Waals surface area (Å²) in [4.78, 5) is 15.0. The molecule has 0 saturated carbocycles. The number of primary amides is 1. The van der Waals surface area contributed by atoms with Crippen molar-refractivity contribution in [3.8, 4) is 17.2 Å². The lowest BCUT2D eigenvalue weighted by atomic mass is 10.1. The van der Waals surface area contributed by atoms with Gasteiger partial charge in [-0.2, -0.15) is 0 Å². The molecule has 4 N–H and O–H groups in total. The maximum atomic E-state index is 10.9. The van der Waals surface area contributed by atoms with Gasteiger partial charge in [-0.05, 0) is 55.8 Å². The quantitative estimate of drug-likeness (QED) is 0.399. The SMILES string of the molecule is CC(C)(COc1ccc(-n2ccnc2)cc1)NCC(O)COc1ccc(CC(N)=O)cc1. The molecule has 8 nitrogen and oxygen atoms in total. The maximum Gasteiger partial charge on any atom is 0.221 e. The molecular weight excluding hydrogens is 408 g/mol. The van der Waals surface area contributed by atoms with Crippen molar-refractivity contribution >= 4 is 5.91 Å². The summed E-state index contributed by atoms with van der Waals surface area (Å²) in [6.45, 7) is 4.96. The van der Waals surface area contributed by atoms with Gasteiger partial charge in [-0.15, -0.1) is 0 Å². The first kappa shape index (κ1) is 23.3. The largest absolute Gasteiger partial charge is 0.492 e. The Morgan fingerprint density at radius 3 is 2.41 bits per heavy atom. The summed E-state index contributed by atoms with van der Waals surface area (Å²) in [5.41, 5.74) is 6.68. The second-order valence-electron chi connectivity index (χ2n) is 8.27. The summed E-state index contributed by atoms with van der Waals surface area (Å²) in [5.74, 6) is 1.02. The number of rotatable bonds is 12. The highest BCUT2D eigenvalue weighted by molar-refractivity contribution is 5.76. The van der Waals surface area contributed by atoms with Crippen molar-refractivity contribution in [1.82, 2.24) is 14.9 Å². The molecule has 0 bridgehead atoms. The van der Waals surface area contributed by atoms with E-state index in [1.54, 1.807) is 36.8 Å². The molecule has 0 spiro atoms. The minimum absolute atomic E-state index is 0.148. The molecule has 1 atom stereocenters. The lowest BCUT2D eigenvalue weighted by Gasteiger charge is -2.28. The normalized spacial score (nSPS) is 12.3. The van der Waals surface area contributed by atoms with Crippen LogP contribution in [0.3, 0.4) is 0 Å². The molecule has 3 aromatic rings. The number of ether oxygens (including phenoxy) is 2. The van der Waals surface area contributed by atoms with Crippen molar-refractivity contribution in [1.29, 1.82) is 0 Å². The lowest BCUT2D eigenvalue weighted by Crippen LogP contribution is -2.48. The third-order valence-corrected chi connectivity index (χ3v) is 4.80. The van der Waals surface area contributed by atoms with Crippen molar-refractivity contribution in [3.63, 3.8) is 0 Å². The van der Waals surface area contributed by atoms with E-state index in [-0.39, 0.29) is 24.5 Å². The number of benzene rings is 2. The minimum Gasteiger partial charge on any atom is -0.492 e. The molecule has 0 fully saturated rings. The molecule has 1 unspecified atom stereocenters. The highest BCUT2D eigenvalue weighted by Crippen LogP contribution is 2.17. The first-order valence-electron chi connectivity index (χ1n) is 10.4. The molecule has 1 amide bonds. The van der Waals surface area contributed by atoms with Crippen LogP contribution < -0.4 is 20.5 Å². The predicted molar refractivity (Wildman–Crippen MR) is 122 cm³/mol. The Morgan fingerprint density at radius 2 is 1.78 bits per heavy atom. The fourth-order valence-electron chi connectivity index (χ4n) is 2.99. The summed E-state index contributed by atoms with van der Waals surface area (Å²) in [6.07, 6.45) is 4.88. The van der Waals surface area contributed by atoms with E-state index in [2.05, 4.69) is 10.3 Å². The number of carbonyl (C=O) groups is 1. The number of hydrogen-bond donors (Lipinski definition) is 3. The molecule has 0 aliphatic heterocycles. The first-order chi connectivity index (χ1) is 15.3. The van der Waals surface area contributed by atoms with Gasteiger partial charge < -0.3 is 30.2 Å². The number of nitrogens with zero attached hydrogens (tertiary/aromatic N) is 2. The van der Waals surface area contributed by atoms with E-state index in [4.69, 9.17) is 15.2 Å². The van der Waals surface area contributed by atoms with Gasteiger partial charge in [0.2, 0.25) is 5.91 Å². The summed E-state index contributed by atoms with van der Waals surface area (Å²) in [5, 5.41) is 13.6. The maximum absolute atomic E-state index is 10.9. The van der Waals surface area contributed by atoms with Crippen LogP contribution in [0.4, 0.5) is 0 Å². The molecule has 3 rings (SSSR count). The van der Waals surface area contributed by atoms with Crippen LogP contribution in [0.1, 0.15) is 19.4 Å². The van der Waals surface area contributed by atoms with Gasteiger partial charge >= 0.3 is 0 Å². The molecule has 1 heterocycles. The van der Waals surface area contributed by atoms with Gasteiger partial charge in [-0.1, -0.05) is 12.1 Å². The summed E-state index contributed by atoms with van der Waals surface area (Å²) < 4.78 is 13.5. The van der Waals surface area contributed by atoms with Crippen molar-refractivity contribution in [2.75, 3.05) is 19.8 Å². The third-order valence-electron chi connectivity index (χ3n) is 4.80. The van der Waals surface area contributed by atoms with Crippen LogP contribution in [0.25, 0.3) is 5.69 Å². The molecule has 0 aliphatic carbocycles. The monoisotopic (exact) mass is 438 g/mol. The Bertz CT molecular complexity index is 970. The highest BCUT2D eigenvalue weighted by atomic mass is 16.5. The number of aliphatic hydroxyl groups is 1. The van der Waals surface area contributed by atoms with Crippen LogP contribution in [0.15, 0.2) is 67.3 Å². The number of aliphatic hydroxyl groups excluding tert-OH is 1. The average molecular weight is 439 g/mol. The Morgan fingerprint density at radius 1 is 1.12 bits per heavy atom. The molecule has 170 valence electrons. The zero-order valence-electron chi connectivity index (χ0n) is 18.4. The highest BCUT2D eigenvalue weighted by Gasteiger charge is 2.20. The second kappa shape index (κ2) is 10.8. The van der Waals surface area contributed by atoms with E-state index < -0.39 is 6.10 Å². The average Bonchev–Trinajstić information content (AvgIpc) is 3.31. The van der Waals surface area contributed by atoms with Gasteiger partial charge in [0, 0.05) is 30.2 Å². The summed E-state index contributed by atoms with van der Waals surface area (Å²) in [6, 6.07) is 14.9. The molecule has 0 aliphatic rings. The molecule has 0 saturated heterocycles. The van der Waals surface area contributed by atoms with Gasteiger partial charge in [0.05, 0.1) is 12.7 Å². The molecule has 0 radical (unpaired) electrons. The van der Waals surface area contributed by atoms with E-state index in [1.807, 2.05) is 48.9 Å². The smallest absolute Gasteiger partial charge is 0.221 e. The van der Waals surface area contributed by atoms with Crippen LogP contribution in [-0.2, 0) is 11.2 Å². The van der Waals surface area contributed by atoms with Gasteiger partial charge in [0.15, 0.2) is 0 Å². The Balaban J connectivity index is 1.38. The number of aromatic nitrogens is 2. The van der Waals surface area contributed by atoms with Crippen molar-refractivity contribution < 1.29 is 19.4 Å². The van der Waals surface area contributed by atoms with Crippen LogP contribution in [0, 0.1) is 0 Å². The topological polar surface area (TPSA) is 112 Å². The number of nitrogens with one attached hydrogen (secondary N) is 1. The van der Waals surface area contributed by atoms with E-state index in [1.165, 1.54) is 0 Å². The number of amides is 1. The molecule has 1 aromatic heterocycles.